The minimum absolute atomic E-state index is 0.0593. The Morgan fingerprint density at radius 1 is 1.18 bits per heavy atom. The Labute approximate surface area is 236 Å². The number of carbonyl (C=O) groups excluding carboxylic acids is 3. The SMILES string of the molecule is CCCCOc1ccc(C(O)=C2C(=O)C(=O)N(c3nc(C)c(C(=O)OCC(C)C)s3)C2c2cccc(F)c2)cc1. The summed E-state index contributed by atoms with van der Waals surface area (Å²) < 4.78 is 25.3. The average molecular weight is 567 g/mol. The maximum absolute atomic E-state index is 14.3. The number of aromatic nitrogens is 1. The van der Waals surface area contributed by atoms with Gasteiger partial charge >= 0.3 is 11.9 Å². The molecule has 40 heavy (non-hydrogen) atoms. The van der Waals surface area contributed by atoms with E-state index in [2.05, 4.69) is 11.9 Å². The number of benzene rings is 2. The normalized spacial score (nSPS) is 16.6. The number of Topliss-reactive ketones (excluding diaryl/α,β-unsaturated/α-hetero) is 1. The van der Waals surface area contributed by atoms with Crippen molar-refractivity contribution in [3.8, 4) is 5.75 Å². The van der Waals surface area contributed by atoms with E-state index >= 15 is 0 Å². The lowest BCUT2D eigenvalue weighted by Gasteiger charge is -2.23. The Bertz CT molecular complexity index is 1450. The van der Waals surface area contributed by atoms with Crippen LogP contribution in [0, 0.1) is 18.7 Å². The summed E-state index contributed by atoms with van der Waals surface area (Å²) in [4.78, 5) is 45.1. The first-order valence-corrected chi connectivity index (χ1v) is 13.9. The number of unbranched alkanes of at least 4 members (excludes halogenated alkanes) is 1. The molecule has 10 heteroatoms. The van der Waals surface area contributed by atoms with Crippen LogP contribution in [-0.4, -0.2) is 41.0 Å². The van der Waals surface area contributed by atoms with Crippen LogP contribution in [0.1, 0.15) is 66.1 Å². The van der Waals surface area contributed by atoms with Crippen LogP contribution in [0.2, 0.25) is 0 Å². The fourth-order valence-electron chi connectivity index (χ4n) is 4.20. The highest BCUT2D eigenvalue weighted by atomic mass is 32.1. The summed E-state index contributed by atoms with van der Waals surface area (Å²) in [5, 5.41) is 11.4. The van der Waals surface area contributed by atoms with E-state index in [4.69, 9.17) is 9.47 Å². The van der Waals surface area contributed by atoms with Gasteiger partial charge in [0.05, 0.1) is 30.5 Å². The molecule has 1 atom stereocenters. The molecule has 2 aromatic carbocycles. The van der Waals surface area contributed by atoms with Crippen LogP contribution in [0.15, 0.2) is 54.1 Å². The second-order valence-corrected chi connectivity index (χ2v) is 10.8. The van der Waals surface area contributed by atoms with Crippen molar-refractivity contribution in [2.45, 2.75) is 46.6 Å². The predicted octanol–water partition coefficient (Wildman–Crippen LogP) is 6.21. The topological polar surface area (TPSA) is 106 Å². The lowest BCUT2D eigenvalue weighted by atomic mass is 9.95. The number of hydrogen-bond acceptors (Lipinski definition) is 8. The Morgan fingerprint density at radius 2 is 1.90 bits per heavy atom. The van der Waals surface area contributed by atoms with Gasteiger partial charge in [-0.2, -0.15) is 0 Å². The number of aryl methyl sites for hydroxylation is 1. The summed E-state index contributed by atoms with van der Waals surface area (Å²) in [6, 6.07) is 10.8. The van der Waals surface area contributed by atoms with Crippen molar-refractivity contribution in [1.82, 2.24) is 4.98 Å². The lowest BCUT2D eigenvalue weighted by Crippen LogP contribution is -2.29. The Balaban J connectivity index is 1.78. The molecule has 1 aliphatic rings. The molecule has 1 aromatic heterocycles. The van der Waals surface area contributed by atoms with Gasteiger partial charge in [0, 0.05) is 5.56 Å². The monoisotopic (exact) mass is 566 g/mol. The molecule has 1 unspecified atom stereocenters. The summed E-state index contributed by atoms with van der Waals surface area (Å²) in [5.74, 6) is -2.76. The molecule has 0 saturated carbocycles. The van der Waals surface area contributed by atoms with Gasteiger partial charge in [-0.25, -0.2) is 14.2 Å². The lowest BCUT2D eigenvalue weighted by molar-refractivity contribution is -0.132. The summed E-state index contributed by atoms with van der Waals surface area (Å²) in [5.41, 5.74) is 0.659. The molecule has 1 N–H and O–H groups in total. The van der Waals surface area contributed by atoms with Gasteiger partial charge < -0.3 is 14.6 Å². The number of hydrogen-bond donors (Lipinski definition) is 1. The second-order valence-electron chi connectivity index (χ2n) is 9.85. The Morgan fingerprint density at radius 3 is 2.55 bits per heavy atom. The fraction of sp³-hybridized carbons (Fsp3) is 0.333. The zero-order valence-electron chi connectivity index (χ0n) is 22.8. The number of ether oxygens (including phenoxy) is 2. The van der Waals surface area contributed by atoms with E-state index in [1.165, 1.54) is 18.2 Å². The van der Waals surface area contributed by atoms with Gasteiger partial charge in [0.15, 0.2) is 5.13 Å². The number of halogens is 1. The van der Waals surface area contributed by atoms with Crippen molar-refractivity contribution < 1.29 is 33.4 Å². The van der Waals surface area contributed by atoms with Gasteiger partial charge in [-0.15, -0.1) is 0 Å². The third-order valence-electron chi connectivity index (χ3n) is 6.23. The van der Waals surface area contributed by atoms with Crippen LogP contribution < -0.4 is 9.64 Å². The zero-order valence-corrected chi connectivity index (χ0v) is 23.6. The molecular formula is C30H31FN2O6S. The third-order valence-corrected chi connectivity index (χ3v) is 7.36. The first-order chi connectivity index (χ1) is 19.1. The first-order valence-electron chi connectivity index (χ1n) is 13.1. The van der Waals surface area contributed by atoms with E-state index in [-0.39, 0.29) is 39.2 Å². The fourth-order valence-corrected chi connectivity index (χ4v) is 5.19. The minimum atomic E-state index is -1.18. The minimum Gasteiger partial charge on any atom is -0.507 e. The number of carbonyl (C=O) groups is 3. The molecule has 0 spiro atoms. The number of nitrogens with zero attached hydrogens (tertiary/aromatic N) is 2. The van der Waals surface area contributed by atoms with E-state index < -0.39 is 35.3 Å². The molecule has 3 aromatic rings. The maximum Gasteiger partial charge on any atom is 0.350 e. The highest BCUT2D eigenvalue weighted by Crippen LogP contribution is 2.44. The molecule has 4 rings (SSSR count). The number of amides is 1. The van der Waals surface area contributed by atoms with Crippen LogP contribution in [0.4, 0.5) is 9.52 Å². The maximum atomic E-state index is 14.3. The van der Waals surface area contributed by atoms with E-state index in [1.54, 1.807) is 37.3 Å². The summed E-state index contributed by atoms with van der Waals surface area (Å²) in [7, 11) is 0. The summed E-state index contributed by atoms with van der Waals surface area (Å²) >= 11 is 0.899. The Hall–Kier alpha value is -4.05. The summed E-state index contributed by atoms with van der Waals surface area (Å²) in [6.45, 7) is 8.23. The molecule has 1 aliphatic heterocycles. The van der Waals surface area contributed by atoms with Gasteiger partial charge in [-0.05, 0) is 61.2 Å². The molecule has 1 saturated heterocycles. The predicted molar refractivity (Wildman–Crippen MR) is 150 cm³/mol. The zero-order chi connectivity index (χ0) is 29.0. The number of aliphatic hydroxyl groups excluding tert-OH is 1. The molecule has 0 aliphatic carbocycles. The van der Waals surface area contributed by atoms with Crippen molar-refractivity contribution in [2.24, 2.45) is 5.92 Å². The number of rotatable bonds is 10. The molecule has 0 bridgehead atoms. The number of ketones is 1. The number of esters is 1. The van der Waals surface area contributed by atoms with Crippen LogP contribution in [-0.2, 0) is 14.3 Å². The molecule has 0 radical (unpaired) electrons. The van der Waals surface area contributed by atoms with Gasteiger partial charge in [0.2, 0.25) is 0 Å². The standard InChI is InChI=1S/C30H31FN2O6S/c1-5-6-14-38-22-12-10-19(11-13-22)25(34)23-24(20-8-7-9-21(31)15-20)33(28(36)26(23)35)30-32-18(4)27(40-30)29(37)39-16-17(2)3/h7-13,15,17,24,34H,5-6,14,16H2,1-4H3. The third kappa shape index (κ3) is 6.07. The van der Waals surface area contributed by atoms with Gasteiger partial charge in [-0.3, -0.25) is 14.5 Å². The molecule has 8 nitrogen and oxygen atoms in total. The summed E-state index contributed by atoms with van der Waals surface area (Å²) in [6.07, 6.45) is 1.88. The van der Waals surface area contributed by atoms with E-state index in [1.807, 2.05) is 13.8 Å². The molecular weight excluding hydrogens is 535 g/mol. The number of thiazole rings is 1. The van der Waals surface area contributed by atoms with Crippen LogP contribution >= 0.6 is 11.3 Å². The van der Waals surface area contributed by atoms with E-state index in [0.717, 1.165) is 29.1 Å². The largest absolute Gasteiger partial charge is 0.507 e. The molecule has 210 valence electrons. The smallest absolute Gasteiger partial charge is 0.350 e. The second kappa shape index (κ2) is 12.4. The van der Waals surface area contributed by atoms with Crippen molar-refractivity contribution in [2.75, 3.05) is 18.1 Å². The molecule has 2 heterocycles. The van der Waals surface area contributed by atoms with Crippen LogP contribution in [0.5, 0.6) is 5.75 Å². The van der Waals surface area contributed by atoms with Crippen molar-refractivity contribution >= 4 is 39.9 Å². The molecule has 1 fully saturated rings. The van der Waals surface area contributed by atoms with Gasteiger partial charge in [0.25, 0.3) is 5.78 Å². The number of aliphatic hydroxyl groups is 1. The number of anilines is 1. The van der Waals surface area contributed by atoms with E-state index in [0.29, 0.717) is 18.1 Å². The van der Waals surface area contributed by atoms with Gasteiger partial charge in [-0.1, -0.05) is 50.7 Å². The highest BCUT2D eigenvalue weighted by molar-refractivity contribution is 7.17. The van der Waals surface area contributed by atoms with Crippen molar-refractivity contribution in [3.05, 3.63) is 81.6 Å². The first kappa shape index (κ1) is 28.9. The van der Waals surface area contributed by atoms with E-state index in [9.17, 15) is 23.9 Å². The van der Waals surface area contributed by atoms with Crippen molar-refractivity contribution in [3.63, 3.8) is 0 Å². The quantitative estimate of drug-likeness (QED) is 0.102. The average Bonchev–Trinajstić information content (AvgIpc) is 3.44. The highest BCUT2D eigenvalue weighted by Gasteiger charge is 2.48. The van der Waals surface area contributed by atoms with Crippen LogP contribution in [0.3, 0.4) is 0 Å². The molecule has 1 amide bonds. The van der Waals surface area contributed by atoms with Gasteiger partial charge in [0.1, 0.15) is 22.2 Å². The Kier molecular flexibility index (Phi) is 8.99. The van der Waals surface area contributed by atoms with Crippen LogP contribution in [0.25, 0.3) is 5.76 Å². The van der Waals surface area contributed by atoms with Crippen molar-refractivity contribution in [1.29, 1.82) is 0 Å².